The summed E-state index contributed by atoms with van der Waals surface area (Å²) < 4.78 is 7.26. The topological polar surface area (TPSA) is 71.5 Å². The van der Waals surface area contributed by atoms with Gasteiger partial charge in [0.2, 0.25) is 5.89 Å². The van der Waals surface area contributed by atoms with E-state index in [1.54, 1.807) is 0 Å². The van der Waals surface area contributed by atoms with Crippen molar-refractivity contribution in [1.82, 2.24) is 29.7 Å². The molecule has 4 heterocycles. The minimum atomic E-state index is 0.469. The number of pyridine rings is 1. The molecule has 0 bridgehead atoms. The maximum Gasteiger partial charge on any atom is 0.226 e. The predicted octanol–water partition coefficient (Wildman–Crippen LogP) is 2.03. The van der Waals surface area contributed by atoms with Crippen LogP contribution in [0.1, 0.15) is 37.2 Å². The summed E-state index contributed by atoms with van der Waals surface area (Å²) in [6, 6.07) is 6.53. The second-order valence-electron chi connectivity index (χ2n) is 6.61. The van der Waals surface area contributed by atoms with Crippen molar-refractivity contribution in [3.63, 3.8) is 0 Å². The Kier molecular flexibility index (Phi) is 4.76. The van der Waals surface area contributed by atoms with Gasteiger partial charge in [-0.15, -0.1) is 0 Å². The summed E-state index contributed by atoms with van der Waals surface area (Å²) in [6.45, 7) is 5.67. The zero-order chi connectivity index (χ0) is 17.1. The molecule has 1 fully saturated rings. The maximum absolute atomic E-state index is 5.20. The molecule has 1 aliphatic heterocycles. The van der Waals surface area contributed by atoms with E-state index >= 15 is 0 Å². The third-order valence-electron chi connectivity index (χ3n) is 4.67. The second kappa shape index (κ2) is 7.33. The van der Waals surface area contributed by atoms with Crippen molar-refractivity contribution in [2.75, 3.05) is 13.1 Å². The number of fused-ring (bicyclic) bond motifs is 1. The molecule has 7 nitrogen and oxygen atoms in total. The quantitative estimate of drug-likeness (QED) is 0.740. The lowest BCUT2D eigenvalue weighted by molar-refractivity contribution is 0.177. The van der Waals surface area contributed by atoms with Crippen molar-refractivity contribution in [3.05, 3.63) is 48.0 Å². The van der Waals surface area contributed by atoms with Gasteiger partial charge in [-0.3, -0.25) is 4.90 Å². The highest BCUT2D eigenvalue weighted by molar-refractivity contribution is 5.39. The van der Waals surface area contributed by atoms with Gasteiger partial charge in [0.15, 0.2) is 5.82 Å². The fraction of sp³-hybridized carbons (Fsp3) is 0.500. The molecule has 0 saturated carbocycles. The van der Waals surface area contributed by atoms with Gasteiger partial charge in [-0.25, -0.2) is 4.98 Å². The summed E-state index contributed by atoms with van der Waals surface area (Å²) in [5.74, 6) is 1.51. The summed E-state index contributed by atoms with van der Waals surface area (Å²) in [7, 11) is 0. The molecule has 25 heavy (non-hydrogen) atoms. The molecule has 7 heteroatoms. The number of aryl methyl sites for hydroxylation is 1. The van der Waals surface area contributed by atoms with Crippen LogP contribution in [0.2, 0.25) is 0 Å². The van der Waals surface area contributed by atoms with Crippen molar-refractivity contribution in [2.45, 2.75) is 45.3 Å². The van der Waals surface area contributed by atoms with Crippen LogP contribution in [-0.4, -0.2) is 43.6 Å². The zero-order valence-electron chi connectivity index (χ0n) is 14.6. The lowest BCUT2D eigenvalue weighted by Gasteiger charge is -2.32. The fourth-order valence-corrected chi connectivity index (χ4v) is 3.39. The molecule has 132 valence electrons. The summed E-state index contributed by atoms with van der Waals surface area (Å²) in [5, 5.41) is 7.71. The van der Waals surface area contributed by atoms with Gasteiger partial charge in [0.05, 0.1) is 12.2 Å². The van der Waals surface area contributed by atoms with E-state index in [1.807, 2.05) is 31.3 Å². The Labute approximate surface area is 147 Å². The number of hydrogen-bond acceptors (Lipinski definition) is 6. The predicted molar refractivity (Wildman–Crippen MR) is 94.0 cm³/mol. The van der Waals surface area contributed by atoms with Crippen molar-refractivity contribution >= 4 is 5.65 Å². The van der Waals surface area contributed by atoms with Gasteiger partial charge >= 0.3 is 0 Å². The van der Waals surface area contributed by atoms with E-state index in [0.717, 1.165) is 49.8 Å². The molecule has 0 spiro atoms. The number of rotatable bonds is 6. The van der Waals surface area contributed by atoms with Gasteiger partial charge in [-0.05, 0) is 31.5 Å². The molecule has 1 N–H and O–H groups in total. The Hall–Kier alpha value is -2.25. The lowest BCUT2D eigenvalue weighted by atomic mass is 10.1. The first-order chi connectivity index (χ1) is 12.3. The number of hydrogen-bond donors (Lipinski definition) is 1. The molecule has 4 rings (SSSR count). The fourth-order valence-electron chi connectivity index (χ4n) is 3.39. The lowest BCUT2D eigenvalue weighted by Crippen LogP contribution is -2.45. The number of nitrogens with one attached hydrogen (secondary N) is 1. The molecule has 0 radical (unpaired) electrons. The number of nitrogens with zero attached hydrogens (tertiary/aromatic N) is 5. The van der Waals surface area contributed by atoms with E-state index in [4.69, 9.17) is 4.52 Å². The Balaban J connectivity index is 1.31. The van der Waals surface area contributed by atoms with Gasteiger partial charge in [-0.2, -0.15) is 4.98 Å². The first kappa shape index (κ1) is 16.2. The number of aromatic nitrogens is 4. The smallest absolute Gasteiger partial charge is 0.226 e. The molecule has 0 aromatic carbocycles. The molecular weight excluding hydrogens is 316 g/mol. The molecule has 3 aromatic rings. The van der Waals surface area contributed by atoms with Crippen LogP contribution in [-0.2, 0) is 19.5 Å². The van der Waals surface area contributed by atoms with E-state index in [0.29, 0.717) is 11.9 Å². The second-order valence-corrected chi connectivity index (χ2v) is 6.61. The van der Waals surface area contributed by atoms with Crippen LogP contribution in [0.15, 0.2) is 35.1 Å². The molecule has 0 aliphatic carbocycles. The van der Waals surface area contributed by atoms with Crippen molar-refractivity contribution in [1.29, 1.82) is 0 Å². The average Bonchev–Trinajstić information content (AvgIpc) is 3.26. The third kappa shape index (κ3) is 3.88. The zero-order valence-corrected chi connectivity index (χ0v) is 14.6. The molecule has 1 aliphatic rings. The molecular formula is C18H24N6O. The molecule has 0 unspecified atom stereocenters. The minimum Gasteiger partial charge on any atom is -0.339 e. The third-order valence-corrected chi connectivity index (χ3v) is 4.67. The highest BCUT2D eigenvalue weighted by atomic mass is 16.5. The van der Waals surface area contributed by atoms with Crippen LogP contribution in [0.3, 0.4) is 0 Å². The molecule has 3 aromatic heterocycles. The standard InChI is InChI=1S/C18H24N6O/c1-2-18-21-16(22-25-18)13-23-8-5-6-14(11-23)19-10-15-12-24-9-4-3-7-17(24)20-15/h3-4,7,9,12,14,19H,2,5-6,8,10-11,13H2,1H3/t14-/m0/s1. The first-order valence-corrected chi connectivity index (χ1v) is 9.00. The molecule has 1 atom stereocenters. The van der Waals surface area contributed by atoms with E-state index in [2.05, 4.69) is 35.9 Å². The monoisotopic (exact) mass is 340 g/mol. The molecule has 1 saturated heterocycles. The van der Waals surface area contributed by atoms with Gasteiger partial charge in [0.1, 0.15) is 5.65 Å². The Morgan fingerprint density at radius 1 is 1.32 bits per heavy atom. The highest BCUT2D eigenvalue weighted by Crippen LogP contribution is 2.14. The normalized spacial score (nSPS) is 18.8. The Bertz CT molecular complexity index is 793. The van der Waals surface area contributed by atoms with Crippen LogP contribution in [0.25, 0.3) is 5.65 Å². The summed E-state index contributed by atoms with van der Waals surface area (Å²) in [6.07, 6.45) is 7.28. The number of imidazole rings is 1. The number of piperidine rings is 1. The first-order valence-electron chi connectivity index (χ1n) is 9.00. The highest BCUT2D eigenvalue weighted by Gasteiger charge is 2.21. The van der Waals surface area contributed by atoms with E-state index in [9.17, 15) is 0 Å². The van der Waals surface area contributed by atoms with E-state index in [1.165, 1.54) is 12.8 Å². The maximum atomic E-state index is 5.20. The van der Waals surface area contributed by atoms with Crippen molar-refractivity contribution < 1.29 is 4.52 Å². The summed E-state index contributed by atoms with van der Waals surface area (Å²) >= 11 is 0. The summed E-state index contributed by atoms with van der Waals surface area (Å²) in [5.41, 5.74) is 2.07. The van der Waals surface area contributed by atoms with Gasteiger partial charge < -0.3 is 14.2 Å². The van der Waals surface area contributed by atoms with Crippen molar-refractivity contribution in [2.24, 2.45) is 0 Å². The molecule has 0 amide bonds. The van der Waals surface area contributed by atoms with Crippen LogP contribution < -0.4 is 5.32 Å². The van der Waals surface area contributed by atoms with E-state index in [-0.39, 0.29) is 0 Å². The number of likely N-dealkylation sites (tertiary alicyclic amines) is 1. The minimum absolute atomic E-state index is 0.469. The van der Waals surface area contributed by atoms with Crippen LogP contribution in [0, 0.1) is 0 Å². The largest absolute Gasteiger partial charge is 0.339 e. The average molecular weight is 340 g/mol. The Morgan fingerprint density at radius 2 is 2.28 bits per heavy atom. The van der Waals surface area contributed by atoms with Gasteiger partial charge in [0.25, 0.3) is 0 Å². The SMILES string of the molecule is CCc1nc(CN2CCC[C@H](NCc3cn4ccccc4n3)C2)no1. The van der Waals surface area contributed by atoms with Gasteiger partial charge in [-0.1, -0.05) is 18.1 Å². The van der Waals surface area contributed by atoms with Crippen LogP contribution in [0.4, 0.5) is 0 Å². The van der Waals surface area contributed by atoms with Gasteiger partial charge in [0, 0.05) is 37.9 Å². The van der Waals surface area contributed by atoms with Crippen LogP contribution >= 0.6 is 0 Å². The van der Waals surface area contributed by atoms with Crippen LogP contribution in [0.5, 0.6) is 0 Å². The summed E-state index contributed by atoms with van der Waals surface area (Å²) in [4.78, 5) is 11.5. The van der Waals surface area contributed by atoms with Crippen molar-refractivity contribution in [3.8, 4) is 0 Å². The Morgan fingerprint density at radius 3 is 3.12 bits per heavy atom. The van der Waals surface area contributed by atoms with E-state index < -0.39 is 0 Å².